The summed E-state index contributed by atoms with van der Waals surface area (Å²) in [5, 5.41) is 0. The number of fused-ring (bicyclic) bond motifs is 1. The molecule has 0 saturated carbocycles. The number of benzene rings is 1. The normalized spacial score (nSPS) is 18.1. The van der Waals surface area contributed by atoms with E-state index in [9.17, 15) is 9.59 Å². The Bertz CT molecular complexity index is 1490. The molecule has 9 nitrogen and oxygen atoms in total. The Morgan fingerprint density at radius 2 is 2.00 bits per heavy atom. The smallest absolute Gasteiger partial charge is 0.338 e. The van der Waals surface area contributed by atoms with Gasteiger partial charge < -0.3 is 23.5 Å². The van der Waals surface area contributed by atoms with Gasteiger partial charge in [0.2, 0.25) is 0 Å². The van der Waals surface area contributed by atoms with Crippen LogP contribution in [0.2, 0.25) is 0 Å². The zero-order chi connectivity index (χ0) is 25.2. The number of ether oxygens (including phenoxy) is 3. The van der Waals surface area contributed by atoms with E-state index in [0.717, 1.165) is 19.0 Å². The fourth-order valence-corrected chi connectivity index (χ4v) is 5.51. The molecule has 4 heterocycles. The number of allylic oxidation sites excluding steroid dienone is 1. The fraction of sp³-hybridized carbons (Fsp3) is 0.346. The van der Waals surface area contributed by atoms with Crippen LogP contribution in [0.4, 0.5) is 5.88 Å². The van der Waals surface area contributed by atoms with Gasteiger partial charge in [-0.2, -0.15) is 0 Å². The second-order valence-corrected chi connectivity index (χ2v) is 9.33. The molecule has 5 rings (SSSR count). The highest BCUT2D eigenvalue weighted by atomic mass is 32.1. The fourth-order valence-electron chi connectivity index (χ4n) is 4.48. The van der Waals surface area contributed by atoms with Crippen LogP contribution < -0.4 is 24.5 Å². The molecule has 0 radical (unpaired) electrons. The summed E-state index contributed by atoms with van der Waals surface area (Å²) in [6.07, 6.45) is 1.72. The highest BCUT2D eigenvalue weighted by Crippen LogP contribution is 2.35. The number of aromatic nitrogens is 1. The van der Waals surface area contributed by atoms with Gasteiger partial charge in [0.15, 0.2) is 10.7 Å². The average Bonchev–Trinajstić information content (AvgIpc) is 3.48. The van der Waals surface area contributed by atoms with Crippen molar-refractivity contribution in [3.63, 3.8) is 0 Å². The molecule has 1 fully saturated rings. The minimum Gasteiger partial charge on any atom is -0.496 e. The zero-order valence-electron chi connectivity index (χ0n) is 20.4. The average molecular weight is 510 g/mol. The summed E-state index contributed by atoms with van der Waals surface area (Å²) in [7, 11) is 1.56. The van der Waals surface area contributed by atoms with Crippen LogP contribution in [0.5, 0.6) is 5.75 Å². The number of anilines is 1. The van der Waals surface area contributed by atoms with Gasteiger partial charge in [-0.25, -0.2) is 9.79 Å². The molecule has 0 spiro atoms. The quantitative estimate of drug-likeness (QED) is 0.471. The highest BCUT2D eigenvalue weighted by molar-refractivity contribution is 7.07. The number of esters is 1. The van der Waals surface area contributed by atoms with E-state index < -0.39 is 12.0 Å². The summed E-state index contributed by atoms with van der Waals surface area (Å²) >= 11 is 1.25. The first-order chi connectivity index (χ1) is 17.5. The molecule has 188 valence electrons. The molecule has 0 aliphatic carbocycles. The van der Waals surface area contributed by atoms with Crippen molar-refractivity contribution in [3.05, 3.63) is 78.7 Å². The van der Waals surface area contributed by atoms with Crippen molar-refractivity contribution < 1.29 is 23.4 Å². The summed E-state index contributed by atoms with van der Waals surface area (Å²) in [5.74, 6) is 1.36. The van der Waals surface area contributed by atoms with E-state index in [2.05, 4.69) is 9.89 Å². The number of para-hydroxylation sites is 1. The van der Waals surface area contributed by atoms with Crippen LogP contribution in [0.1, 0.15) is 31.2 Å². The van der Waals surface area contributed by atoms with E-state index in [-0.39, 0.29) is 12.2 Å². The van der Waals surface area contributed by atoms with Crippen molar-refractivity contribution in [2.45, 2.75) is 19.9 Å². The van der Waals surface area contributed by atoms with Crippen molar-refractivity contribution in [3.8, 4) is 5.75 Å². The van der Waals surface area contributed by atoms with Crippen molar-refractivity contribution in [2.24, 2.45) is 4.99 Å². The van der Waals surface area contributed by atoms with Gasteiger partial charge in [0.05, 0.1) is 42.7 Å². The van der Waals surface area contributed by atoms with E-state index in [1.54, 1.807) is 37.7 Å². The minimum atomic E-state index is -0.737. The molecule has 3 aromatic rings. The highest BCUT2D eigenvalue weighted by Gasteiger charge is 2.35. The molecule has 0 amide bonds. The molecule has 2 aliphatic rings. The molecule has 2 aromatic heterocycles. The van der Waals surface area contributed by atoms with Crippen molar-refractivity contribution in [1.29, 1.82) is 0 Å². The molecule has 10 heteroatoms. The Balaban J connectivity index is 1.63. The van der Waals surface area contributed by atoms with E-state index in [1.165, 1.54) is 11.3 Å². The first-order valence-electron chi connectivity index (χ1n) is 11.8. The lowest BCUT2D eigenvalue weighted by molar-refractivity contribution is -0.139. The summed E-state index contributed by atoms with van der Waals surface area (Å²) < 4.78 is 24.4. The van der Waals surface area contributed by atoms with E-state index >= 15 is 0 Å². The van der Waals surface area contributed by atoms with Gasteiger partial charge in [-0.15, -0.1) is 0 Å². The topological polar surface area (TPSA) is 95.5 Å². The van der Waals surface area contributed by atoms with Crippen molar-refractivity contribution in [1.82, 2.24) is 4.57 Å². The van der Waals surface area contributed by atoms with Crippen LogP contribution in [-0.4, -0.2) is 50.6 Å². The number of methoxy groups -OCH3 is 1. The van der Waals surface area contributed by atoms with Gasteiger partial charge in [-0.3, -0.25) is 9.36 Å². The van der Waals surface area contributed by atoms with Gasteiger partial charge in [0.25, 0.3) is 5.56 Å². The van der Waals surface area contributed by atoms with Crippen LogP contribution in [0.3, 0.4) is 0 Å². The second-order valence-electron chi connectivity index (χ2n) is 8.32. The van der Waals surface area contributed by atoms with E-state index in [4.69, 9.17) is 18.6 Å². The molecule has 1 saturated heterocycles. The predicted octanol–water partition coefficient (Wildman–Crippen LogP) is 2.24. The van der Waals surface area contributed by atoms with Crippen LogP contribution in [0.25, 0.3) is 6.08 Å². The van der Waals surface area contributed by atoms with Gasteiger partial charge >= 0.3 is 5.97 Å². The number of furan rings is 1. The largest absolute Gasteiger partial charge is 0.496 e. The van der Waals surface area contributed by atoms with E-state index in [1.807, 2.05) is 30.3 Å². The maximum atomic E-state index is 13.7. The van der Waals surface area contributed by atoms with E-state index in [0.29, 0.717) is 50.9 Å². The van der Waals surface area contributed by atoms with Crippen LogP contribution in [0.15, 0.2) is 61.9 Å². The molecule has 0 N–H and O–H groups in total. The second kappa shape index (κ2) is 10.2. The number of carbonyl (C=O) groups excluding carboxylic acids is 1. The number of hydrogen-bond acceptors (Lipinski definition) is 9. The zero-order valence-corrected chi connectivity index (χ0v) is 21.2. The summed E-state index contributed by atoms with van der Waals surface area (Å²) in [6, 6.07) is 10.3. The van der Waals surface area contributed by atoms with Gasteiger partial charge in [-0.1, -0.05) is 29.5 Å². The van der Waals surface area contributed by atoms with Gasteiger partial charge in [0.1, 0.15) is 17.6 Å². The Morgan fingerprint density at radius 1 is 1.22 bits per heavy atom. The number of nitrogens with zero attached hydrogens (tertiary/aromatic N) is 3. The molecular formula is C26H27N3O6S. The van der Waals surface area contributed by atoms with Crippen LogP contribution in [0, 0.1) is 0 Å². The SMILES string of the molecule is CCOC(=O)C1=C(C)N=c2sc(=Cc3ccc(N4CCOCC4)o3)c(=O)n2[C@@H]1c1ccccc1OC. The number of carbonyl (C=O) groups is 1. The van der Waals surface area contributed by atoms with Crippen molar-refractivity contribution >= 4 is 29.3 Å². The molecular weight excluding hydrogens is 482 g/mol. The molecule has 0 bridgehead atoms. The number of thiazole rings is 1. The maximum Gasteiger partial charge on any atom is 0.338 e. The minimum absolute atomic E-state index is 0.211. The maximum absolute atomic E-state index is 13.7. The number of hydrogen-bond donors (Lipinski definition) is 0. The van der Waals surface area contributed by atoms with Crippen LogP contribution in [-0.2, 0) is 14.3 Å². The summed E-state index contributed by atoms with van der Waals surface area (Å²) in [5.41, 5.74) is 1.23. The predicted molar refractivity (Wildman–Crippen MR) is 135 cm³/mol. The van der Waals surface area contributed by atoms with Gasteiger partial charge in [0, 0.05) is 30.8 Å². The van der Waals surface area contributed by atoms with Gasteiger partial charge in [-0.05, 0) is 26.0 Å². The monoisotopic (exact) mass is 509 g/mol. The third kappa shape index (κ3) is 4.38. The number of rotatable bonds is 6. The Kier molecular flexibility index (Phi) is 6.80. The lowest BCUT2D eigenvalue weighted by atomic mass is 9.95. The molecule has 36 heavy (non-hydrogen) atoms. The Labute approximate surface area is 211 Å². The first-order valence-corrected chi connectivity index (χ1v) is 12.6. The van der Waals surface area contributed by atoms with Crippen molar-refractivity contribution in [2.75, 3.05) is 44.9 Å². The lowest BCUT2D eigenvalue weighted by Crippen LogP contribution is -2.40. The molecule has 1 atom stereocenters. The molecule has 0 unspecified atom stereocenters. The summed E-state index contributed by atoms with van der Waals surface area (Å²) in [6.45, 7) is 6.53. The Hall–Kier alpha value is -3.63. The summed E-state index contributed by atoms with van der Waals surface area (Å²) in [4.78, 5) is 34.0. The first kappa shape index (κ1) is 24.1. The lowest BCUT2D eigenvalue weighted by Gasteiger charge is -2.26. The number of morpholine rings is 1. The third-order valence-electron chi connectivity index (χ3n) is 6.16. The Morgan fingerprint density at radius 3 is 2.75 bits per heavy atom. The van der Waals surface area contributed by atoms with Crippen LogP contribution >= 0.6 is 11.3 Å². The third-order valence-corrected chi connectivity index (χ3v) is 7.14. The molecule has 2 aliphatic heterocycles. The molecule has 1 aromatic carbocycles. The standard InChI is InChI=1S/C26H27N3O6S/c1-4-34-25(31)22-16(2)27-26-29(23(22)18-7-5-6-8-19(18)32-3)24(30)20(36-26)15-17-9-10-21(35-17)28-11-13-33-14-12-28/h5-10,15,23H,4,11-14H2,1-3H3/t23-/m1/s1.